The van der Waals surface area contributed by atoms with E-state index in [9.17, 15) is 17.2 Å². The van der Waals surface area contributed by atoms with Gasteiger partial charge in [0, 0.05) is 19.2 Å². The quantitative estimate of drug-likeness (QED) is 0.789. The van der Waals surface area contributed by atoms with Gasteiger partial charge in [0.25, 0.3) is 0 Å². The summed E-state index contributed by atoms with van der Waals surface area (Å²) in [6.45, 7) is 0.179. The summed E-state index contributed by atoms with van der Waals surface area (Å²) in [5.41, 5.74) is 0. The Balaban J connectivity index is 2.99. The maximum absolute atomic E-state index is 13.4. The zero-order valence-corrected chi connectivity index (χ0v) is 10.9. The minimum atomic E-state index is -3.83. The second kappa shape index (κ2) is 6.21. The van der Waals surface area contributed by atoms with Crippen LogP contribution in [0.4, 0.5) is 8.78 Å². The number of methoxy groups -OCH3 is 1. The molecule has 0 saturated heterocycles. The molecular weight excluding hydrogens is 264 g/mol. The summed E-state index contributed by atoms with van der Waals surface area (Å²) >= 11 is 0. The van der Waals surface area contributed by atoms with Crippen molar-refractivity contribution in [3.05, 3.63) is 29.8 Å². The van der Waals surface area contributed by atoms with E-state index in [4.69, 9.17) is 4.74 Å². The average Bonchev–Trinajstić information content (AvgIpc) is 2.27. The number of nitrogens with one attached hydrogen (secondary N) is 1. The summed E-state index contributed by atoms with van der Waals surface area (Å²) in [4.78, 5) is -0.500. The van der Waals surface area contributed by atoms with Crippen LogP contribution in [0.15, 0.2) is 23.1 Å². The van der Waals surface area contributed by atoms with Gasteiger partial charge in [-0.2, -0.15) is 0 Å². The fourth-order valence-corrected chi connectivity index (χ4v) is 3.10. The summed E-state index contributed by atoms with van der Waals surface area (Å²) in [7, 11) is -0.802. The van der Waals surface area contributed by atoms with Crippen molar-refractivity contribution in [3.63, 3.8) is 0 Å². The van der Waals surface area contributed by atoms with Gasteiger partial charge in [-0.15, -0.1) is 0 Å². The van der Waals surface area contributed by atoms with Crippen molar-refractivity contribution in [1.29, 1.82) is 0 Å². The monoisotopic (exact) mass is 279 g/mol. The van der Waals surface area contributed by atoms with E-state index >= 15 is 0 Å². The highest BCUT2D eigenvalue weighted by atomic mass is 32.2. The lowest BCUT2D eigenvalue weighted by molar-refractivity contribution is 0.176. The minimum absolute atomic E-state index is 0.179. The third-order valence-electron chi connectivity index (χ3n) is 2.43. The lowest BCUT2D eigenvalue weighted by Gasteiger charge is -2.15. The van der Waals surface area contributed by atoms with Crippen LogP contribution in [-0.2, 0) is 14.6 Å². The molecule has 0 saturated carbocycles. The zero-order chi connectivity index (χ0) is 13.8. The molecule has 0 aromatic heterocycles. The van der Waals surface area contributed by atoms with Crippen molar-refractivity contribution in [1.82, 2.24) is 5.32 Å². The van der Waals surface area contributed by atoms with E-state index in [1.807, 2.05) is 0 Å². The Morgan fingerprint density at radius 1 is 1.39 bits per heavy atom. The Kier molecular flexibility index (Phi) is 5.18. The smallest absolute Gasteiger partial charge is 0.182 e. The third kappa shape index (κ3) is 3.72. The Bertz CT molecular complexity index is 505. The maximum atomic E-state index is 13.4. The van der Waals surface area contributed by atoms with Crippen LogP contribution in [0.25, 0.3) is 0 Å². The minimum Gasteiger partial charge on any atom is -0.383 e. The Labute approximate surface area is 105 Å². The molecule has 1 rings (SSSR count). The number of likely N-dealkylation sites (N-methyl/N-ethyl adjacent to an activating group) is 1. The lowest BCUT2D eigenvalue weighted by Crippen LogP contribution is -2.37. The van der Waals surface area contributed by atoms with Crippen LogP contribution in [0.5, 0.6) is 0 Å². The molecule has 0 amide bonds. The van der Waals surface area contributed by atoms with E-state index in [0.29, 0.717) is 6.07 Å². The number of ether oxygens (including phenoxy) is 1. The molecule has 1 aromatic rings. The first-order chi connectivity index (χ1) is 8.40. The van der Waals surface area contributed by atoms with Crippen molar-refractivity contribution in [2.75, 3.05) is 26.5 Å². The molecule has 7 heteroatoms. The van der Waals surface area contributed by atoms with E-state index in [2.05, 4.69) is 5.32 Å². The lowest BCUT2D eigenvalue weighted by atomic mass is 10.3. The van der Waals surface area contributed by atoms with Crippen LogP contribution in [0.2, 0.25) is 0 Å². The Morgan fingerprint density at radius 3 is 2.56 bits per heavy atom. The fraction of sp³-hybridized carbons (Fsp3) is 0.455. The summed E-state index contributed by atoms with van der Waals surface area (Å²) in [6.07, 6.45) is 0. The predicted molar refractivity (Wildman–Crippen MR) is 63.1 cm³/mol. The second-order valence-corrected chi connectivity index (χ2v) is 5.80. The number of benzene rings is 1. The van der Waals surface area contributed by atoms with E-state index in [1.165, 1.54) is 7.11 Å². The van der Waals surface area contributed by atoms with Gasteiger partial charge in [-0.05, 0) is 19.2 Å². The normalized spacial score (nSPS) is 13.6. The molecule has 1 unspecified atom stereocenters. The summed E-state index contributed by atoms with van der Waals surface area (Å²) in [5, 5.41) is 2.76. The molecule has 1 N–H and O–H groups in total. The number of halogens is 2. The van der Waals surface area contributed by atoms with Gasteiger partial charge in [-0.25, -0.2) is 17.2 Å². The number of hydrogen-bond donors (Lipinski definition) is 1. The Hall–Kier alpha value is -1.05. The molecule has 4 nitrogen and oxygen atoms in total. The van der Waals surface area contributed by atoms with Crippen molar-refractivity contribution in [2.24, 2.45) is 0 Å². The molecule has 1 atom stereocenters. The summed E-state index contributed by atoms with van der Waals surface area (Å²) in [5.74, 6) is -2.21. The third-order valence-corrected chi connectivity index (χ3v) is 4.27. The van der Waals surface area contributed by atoms with Gasteiger partial charge in [0.05, 0.1) is 12.4 Å². The molecule has 18 heavy (non-hydrogen) atoms. The van der Waals surface area contributed by atoms with Crippen LogP contribution in [0, 0.1) is 11.6 Å². The average molecular weight is 279 g/mol. The van der Waals surface area contributed by atoms with Crippen molar-refractivity contribution in [3.8, 4) is 0 Å². The number of rotatable bonds is 6. The SMILES string of the molecule is CNC(COC)CS(=O)(=O)c1ccc(F)cc1F. The van der Waals surface area contributed by atoms with E-state index in [1.54, 1.807) is 7.05 Å². The van der Waals surface area contributed by atoms with Crippen LogP contribution in [-0.4, -0.2) is 41.0 Å². The summed E-state index contributed by atoms with van der Waals surface area (Å²) < 4.78 is 54.9. The molecular formula is C11H15F2NO3S. The van der Waals surface area contributed by atoms with Gasteiger partial charge in [-0.1, -0.05) is 0 Å². The predicted octanol–water partition coefficient (Wildman–Crippen LogP) is 0.973. The summed E-state index contributed by atoms with van der Waals surface area (Å²) in [6, 6.07) is 1.95. The van der Waals surface area contributed by atoms with Gasteiger partial charge in [0.2, 0.25) is 0 Å². The zero-order valence-electron chi connectivity index (χ0n) is 10.1. The molecule has 0 radical (unpaired) electrons. The Morgan fingerprint density at radius 2 is 2.06 bits per heavy atom. The van der Waals surface area contributed by atoms with E-state index in [0.717, 1.165) is 12.1 Å². The number of hydrogen-bond acceptors (Lipinski definition) is 4. The first-order valence-corrected chi connectivity index (χ1v) is 6.90. The molecule has 102 valence electrons. The van der Waals surface area contributed by atoms with Gasteiger partial charge in [0.15, 0.2) is 9.84 Å². The maximum Gasteiger partial charge on any atom is 0.182 e. The van der Waals surface area contributed by atoms with Crippen LogP contribution < -0.4 is 5.32 Å². The molecule has 0 bridgehead atoms. The molecule has 0 aliphatic heterocycles. The highest BCUT2D eigenvalue weighted by Gasteiger charge is 2.23. The van der Waals surface area contributed by atoms with Crippen molar-refractivity contribution < 1.29 is 21.9 Å². The van der Waals surface area contributed by atoms with Gasteiger partial charge < -0.3 is 10.1 Å². The van der Waals surface area contributed by atoms with Crippen LogP contribution >= 0.6 is 0 Å². The highest BCUT2D eigenvalue weighted by molar-refractivity contribution is 7.91. The molecule has 1 aromatic carbocycles. The van der Waals surface area contributed by atoms with E-state index in [-0.39, 0.29) is 12.4 Å². The first-order valence-electron chi connectivity index (χ1n) is 5.24. The standard InChI is InChI=1S/C11H15F2NO3S/c1-14-9(6-17-2)7-18(15,16)11-4-3-8(12)5-10(11)13/h3-5,9,14H,6-7H2,1-2H3. The van der Waals surface area contributed by atoms with E-state index < -0.39 is 32.4 Å². The van der Waals surface area contributed by atoms with Crippen molar-refractivity contribution >= 4 is 9.84 Å². The molecule has 0 spiro atoms. The van der Waals surface area contributed by atoms with Gasteiger partial charge >= 0.3 is 0 Å². The molecule has 0 fully saturated rings. The molecule has 0 aliphatic rings. The van der Waals surface area contributed by atoms with Gasteiger partial charge in [-0.3, -0.25) is 0 Å². The molecule has 0 heterocycles. The van der Waals surface area contributed by atoms with Crippen molar-refractivity contribution in [2.45, 2.75) is 10.9 Å². The molecule has 0 aliphatic carbocycles. The van der Waals surface area contributed by atoms with Crippen LogP contribution in [0.3, 0.4) is 0 Å². The van der Waals surface area contributed by atoms with Gasteiger partial charge in [0.1, 0.15) is 16.5 Å². The number of sulfone groups is 1. The highest BCUT2D eigenvalue weighted by Crippen LogP contribution is 2.17. The van der Waals surface area contributed by atoms with Crippen LogP contribution in [0.1, 0.15) is 0 Å². The topological polar surface area (TPSA) is 55.4 Å². The second-order valence-electron chi connectivity index (χ2n) is 3.80. The largest absolute Gasteiger partial charge is 0.383 e. The first kappa shape index (κ1) is 15.0. The fourth-order valence-electron chi connectivity index (χ4n) is 1.50.